The van der Waals surface area contributed by atoms with Crippen LogP contribution in [0.1, 0.15) is 36.8 Å². The van der Waals surface area contributed by atoms with Crippen LogP contribution in [0.4, 0.5) is 0 Å². The van der Waals surface area contributed by atoms with Crippen molar-refractivity contribution in [1.29, 1.82) is 0 Å². The molecule has 0 bridgehead atoms. The average molecular weight is 461 g/mol. The molecule has 2 aromatic rings. The molecule has 0 spiro atoms. The Labute approximate surface area is 183 Å². The molecule has 2 aliphatic rings. The van der Waals surface area contributed by atoms with E-state index in [1.165, 1.54) is 36.8 Å². The van der Waals surface area contributed by atoms with Gasteiger partial charge in [-0.3, -0.25) is 0 Å². The van der Waals surface area contributed by atoms with E-state index < -0.39 is 0 Å². The van der Waals surface area contributed by atoms with Crippen molar-refractivity contribution in [1.82, 2.24) is 0 Å². The molecule has 0 saturated carbocycles. The second-order valence-electron chi connectivity index (χ2n) is 6.26. The fourth-order valence-corrected chi connectivity index (χ4v) is 3.24. The maximum absolute atomic E-state index is 5.53. The van der Waals surface area contributed by atoms with E-state index >= 15 is 0 Å². The molecule has 2 aromatic carbocycles. The van der Waals surface area contributed by atoms with Gasteiger partial charge in [-0.2, -0.15) is 35.4 Å². The van der Waals surface area contributed by atoms with Gasteiger partial charge in [0.05, 0.1) is 12.2 Å². The fourth-order valence-electron chi connectivity index (χ4n) is 3.24. The summed E-state index contributed by atoms with van der Waals surface area (Å²) in [5.74, 6) is 0. The Bertz CT molecular complexity index is 454. The SMILES string of the molecule is [Cl-].[Cl-].[Zr+4].c1c[cH-]c(CC2CCCO2)c1.c1c[cH-]c(CC2CCCO2)c1. The van der Waals surface area contributed by atoms with Gasteiger partial charge in [-0.05, 0) is 38.5 Å². The topological polar surface area (TPSA) is 18.5 Å². The molecule has 2 heterocycles. The third-order valence-corrected chi connectivity index (χ3v) is 4.44. The van der Waals surface area contributed by atoms with Crippen LogP contribution in [0.5, 0.6) is 0 Å². The summed E-state index contributed by atoms with van der Waals surface area (Å²) in [6, 6.07) is 17.0. The Hall–Kier alpha value is 0.0831. The van der Waals surface area contributed by atoms with Crippen LogP contribution < -0.4 is 24.8 Å². The number of rotatable bonds is 4. The molecule has 0 radical (unpaired) electrons. The zero-order valence-electron chi connectivity index (χ0n) is 14.5. The first-order chi connectivity index (χ1) is 10.9. The van der Waals surface area contributed by atoms with E-state index in [9.17, 15) is 0 Å². The second-order valence-corrected chi connectivity index (χ2v) is 6.26. The van der Waals surface area contributed by atoms with Gasteiger partial charge in [-0.25, -0.2) is 24.3 Å². The largest absolute Gasteiger partial charge is 4.00 e. The molecule has 2 nitrogen and oxygen atoms in total. The molecular weight excluding hydrogens is 434 g/mol. The first kappa shape index (κ1) is 25.1. The smallest absolute Gasteiger partial charge is 1.00 e. The van der Waals surface area contributed by atoms with Gasteiger partial charge in [0, 0.05) is 13.2 Å². The van der Waals surface area contributed by atoms with Crippen LogP contribution in [0, 0.1) is 0 Å². The summed E-state index contributed by atoms with van der Waals surface area (Å²) in [5.41, 5.74) is 2.83. The molecule has 0 amide bonds. The van der Waals surface area contributed by atoms with Crippen molar-refractivity contribution in [2.75, 3.05) is 13.2 Å². The molecule has 0 aliphatic carbocycles. The van der Waals surface area contributed by atoms with E-state index in [1.54, 1.807) is 0 Å². The second kappa shape index (κ2) is 14.2. The number of ether oxygens (including phenoxy) is 2. The van der Waals surface area contributed by atoms with Crippen LogP contribution in [-0.4, -0.2) is 25.4 Å². The first-order valence-electron chi connectivity index (χ1n) is 8.54. The molecule has 0 N–H and O–H groups in total. The first-order valence-corrected chi connectivity index (χ1v) is 8.54. The Kier molecular flexibility index (Phi) is 14.2. The van der Waals surface area contributed by atoms with Crippen LogP contribution in [-0.2, 0) is 48.5 Å². The molecule has 2 saturated heterocycles. The predicted octanol–water partition coefficient (Wildman–Crippen LogP) is -1.74. The summed E-state index contributed by atoms with van der Waals surface area (Å²) in [4.78, 5) is 0. The van der Waals surface area contributed by atoms with Crippen molar-refractivity contribution in [2.24, 2.45) is 0 Å². The molecule has 0 aromatic heterocycles. The van der Waals surface area contributed by atoms with Crippen LogP contribution in [0.25, 0.3) is 0 Å². The quantitative estimate of drug-likeness (QED) is 0.505. The van der Waals surface area contributed by atoms with E-state index in [0.29, 0.717) is 12.2 Å². The summed E-state index contributed by atoms with van der Waals surface area (Å²) >= 11 is 0. The van der Waals surface area contributed by atoms with Gasteiger partial charge >= 0.3 is 26.2 Å². The summed E-state index contributed by atoms with van der Waals surface area (Å²) in [7, 11) is 0. The average Bonchev–Trinajstić information content (AvgIpc) is 3.31. The van der Waals surface area contributed by atoms with Gasteiger partial charge in [-0.1, -0.05) is 0 Å². The minimum Gasteiger partial charge on any atom is -1.00 e. The number of halogens is 2. The molecule has 2 unspecified atom stereocenters. The van der Waals surface area contributed by atoms with Crippen LogP contribution in [0.3, 0.4) is 0 Å². The van der Waals surface area contributed by atoms with E-state index in [0.717, 1.165) is 26.1 Å². The van der Waals surface area contributed by atoms with E-state index in [1.807, 2.05) is 0 Å². The molecular formula is C20H26Cl2O2Zr. The summed E-state index contributed by atoms with van der Waals surface area (Å²) < 4.78 is 11.1. The zero-order valence-corrected chi connectivity index (χ0v) is 18.5. The van der Waals surface area contributed by atoms with E-state index in [4.69, 9.17) is 9.47 Å². The third kappa shape index (κ3) is 9.02. The Morgan fingerprint density at radius 1 is 0.800 bits per heavy atom. The standard InChI is InChI=1S/2C10H13O.2ClH.Zr/c2*1-2-5-9(4-1)8-10-6-3-7-11-10;;;/h2*1-2,4-5,10H,3,6-8H2;2*1H;/q2*-1;;;+4/p-2. The number of hydrogen-bond donors (Lipinski definition) is 0. The molecule has 2 fully saturated rings. The zero-order chi connectivity index (χ0) is 15.0. The summed E-state index contributed by atoms with van der Waals surface area (Å²) in [6.45, 7) is 1.93. The molecule has 5 heteroatoms. The van der Waals surface area contributed by atoms with Gasteiger partial charge in [0.1, 0.15) is 0 Å². The minimum absolute atomic E-state index is 0. The van der Waals surface area contributed by atoms with Crippen molar-refractivity contribution in [3.63, 3.8) is 0 Å². The third-order valence-electron chi connectivity index (χ3n) is 4.44. The van der Waals surface area contributed by atoms with Crippen molar-refractivity contribution in [2.45, 2.75) is 50.7 Å². The van der Waals surface area contributed by atoms with Gasteiger partial charge in [0.2, 0.25) is 0 Å². The molecule has 4 rings (SSSR count). The monoisotopic (exact) mass is 458 g/mol. The Morgan fingerprint density at radius 2 is 1.24 bits per heavy atom. The molecule has 136 valence electrons. The Balaban J connectivity index is 0.000000411. The van der Waals surface area contributed by atoms with Crippen molar-refractivity contribution in [3.05, 3.63) is 59.7 Å². The van der Waals surface area contributed by atoms with Crippen molar-refractivity contribution in [3.8, 4) is 0 Å². The van der Waals surface area contributed by atoms with Crippen LogP contribution in [0.15, 0.2) is 48.5 Å². The van der Waals surface area contributed by atoms with Gasteiger partial charge in [0.15, 0.2) is 0 Å². The van der Waals surface area contributed by atoms with Crippen LogP contribution in [0.2, 0.25) is 0 Å². The van der Waals surface area contributed by atoms with Gasteiger partial charge < -0.3 is 34.3 Å². The van der Waals surface area contributed by atoms with Crippen LogP contribution >= 0.6 is 0 Å². The fraction of sp³-hybridized carbons (Fsp3) is 0.500. The maximum atomic E-state index is 5.53. The molecule has 2 atom stereocenters. The summed E-state index contributed by atoms with van der Waals surface area (Å²) in [5, 5.41) is 0. The molecule has 25 heavy (non-hydrogen) atoms. The van der Waals surface area contributed by atoms with Crippen molar-refractivity contribution < 1.29 is 60.5 Å². The van der Waals surface area contributed by atoms with Crippen molar-refractivity contribution >= 4 is 0 Å². The minimum atomic E-state index is 0. The summed E-state index contributed by atoms with van der Waals surface area (Å²) in [6.07, 6.45) is 8.17. The molecule has 2 aliphatic heterocycles. The van der Waals surface area contributed by atoms with Gasteiger partial charge in [-0.15, -0.1) is 0 Å². The Morgan fingerprint density at radius 3 is 1.52 bits per heavy atom. The normalized spacial score (nSPS) is 21.3. The van der Waals surface area contributed by atoms with Gasteiger partial charge in [0.25, 0.3) is 0 Å². The van der Waals surface area contributed by atoms with E-state index in [2.05, 4.69) is 48.5 Å². The number of hydrogen-bond acceptors (Lipinski definition) is 2. The van der Waals surface area contributed by atoms with E-state index in [-0.39, 0.29) is 51.0 Å². The predicted molar refractivity (Wildman–Crippen MR) is 89.4 cm³/mol. The maximum Gasteiger partial charge on any atom is 4.00 e.